The summed E-state index contributed by atoms with van der Waals surface area (Å²) in [4.78, 5) is 4.21. The summed E-state index contributed by atoms with van der Waals surface area (Å²) in [5, 5.41) is 31.7. The lowest BCUT2D eigenvalue weighted by Crippen LogP contribution is -2.34. The predicted molar refractivity (Wildman–Crippen MR) is 61.6 cm³/mol. The summed E-state index contributed by atoms with van der Waals surface area (Å²) >= 11 is 0. The topological polar surface area (TPSA) is 94.3 Å². The second-order valence-corrected chi connectivity index (χ2v) is 4.62. The van der Waals surface area contributed by atoms with Crippen LogP contribution in [-0.4, -0.2) is 58.8 Å². The molecule has 1 aliphatic carbocycles. The van der Waals surface area contributed by atoms with Gasteiger partial charge in [0.1, 0.15) is 18.2 Å². The van der Waals surface area contributed by atoms with Crippen LogP contribution < -0.4 is 5.32 Å². The van der Waals surface area contributed by atoms with Gasteiger partial charge >= 0.3 is 0 Å². The fraction of sp³-hybridized carbons (Fsp3) is 0.909. The van der Waals surface area contributed by atoms with Gasteiger partial charge in [-0.15, -0.1) is 0 Å². The van der Waals surface area contributed by atoms with Gasteiger partial charge < -0.3 is 25.4 Å². The van der Waals surface area contributed by atoms with E-state index in [1.165, 1.54) is 0 Å². The van der Waals surface area contributed by atoms with Crippen molar-refractivity contribution in [2.75, 3.05) is 13.2 Å². The summed E-state index contributed by atoms with van der Waals surface area (Å²) in [6.07, 6.45) is -0.243. The predicted octanol–water partition coefficient (Wildman–Crippen LogP) is -1.16. The van der Waals surface area contributed by atoms with Crippen LogP contribution >= 0.6 is 0 Å². The summed E-state index contributed by atoms with van der Waals surface area (Å²) in [7, 11) is 0. The Hall–Kier alpha value is -0.850. The number of aliphatic imine (C=N–C) groups is 1. The number of aliphatic hydroxyl groups is 3. The summed E-state index contributed by atoms with van der Waals surface area (Å²) in [5.41, 5.74) is 0. The Labute approximate surface area is 100 Å². The summed E-state index contributed by atoms with van der Waals surface area (Å²) in [6.45, 7) is 2.66. The first-order valence-corrected chi connectivity index (χ1v) is 6.14. The molecule has 0 saturated heterocycles. The zero-order chi connectivity index (χ0) is 12.4. The fourth-order valence-electron chi connectivity index (χ4n) is 2.37. The molecule has 0 spiro atoms. The van der Waals surface area contributed by atoms with E-state index in [1.807, 2.05) is 0 Å². The Morgan fingerprint density at radius 2 is 2.12 bits per heavy atom. The van der Waals surface area contributed by atoms with E-state index in [9.17, 15) is 15.3 Å². The highest BCUT2D eigenvalue weighted by atomic mass is 16.5. The first-order valence-electron chi connectivity index (χ1n) is 6.14. The van der Waals surface area contributed by atoms with Gasteiger partial charge in [-0.2, -0.15) is 0 Å². The van der Waals surface area contributed by atoms with Crippen LogP contribution in [0, 0.1) is 5.92 Å². The second-order valence-electron chi connectivity index (χ2n) is 4.62. The van der Waals surface area contributed by atoms with Gasteiger partial charge in [0, 0.05) is 6.54 Å². The van der Waals surface area contributed by atoms with Gasteiger partial charge in [-0.25, -0.2) is 4.99 Å². The fourth-order valence-corrected chi connectivity index (χ4v) is 2.37. The minimum atomic E-state index is -0.962. The van der Waals surface area contributed by atoms with E-state index in [-0.39, 0.29) is 6.61 Å². The Balaban J connectivity index is 1.95. The molecular weight excluding hydrogens is 224 g/mol. The van der Waals surface area contributed by atoms with Crippen LogP contribution in [-0.2, 0) is 4.74 Å². The molecule has 0 unspecified atom stereocenters. The number of fused-ring (bicyclic) bond motifs is 1. The number of amidine groups is 1. The maximum atomic E-state index is 9.78. The zero-order valence-corrected chi connectivity index (χ0v) is 9.91. The first-order chi connectivity index (χ1) is 8.19. The van der Waals surface area contributed by atoms with Gasteiger partial charge in [-0.3, -0.25) is 0 Å². The van der Waals surface area contributed by atoms with E-state index in [0.29, 0.717) is 6.02 Å². The summed E-state index contributed by atoms with van der Waals surface area (Å²) in [6, 6.07) is -0.0517. The van der Waals surface area contributed by atoms with Gasteiger partial charge in [0.25, 0.3) is 6.02 Å². The lowest BCUT2D eigenvalue weighted by atomic mass is 10.1. The largest absolute Gasteiger partial charge is 0.459 e. The van der Waals surface area contributed by atoms with Crippen molar-refractivity contribution >= 4 is 6.02 Å². The molecule has 1 heterocycles. The van der Waals surface area contributed by atoms with Crippen LogP contribution in [0.4, 0.5) is 0 Å². The molecule has 2 aliphatic rings. The molecule has 98 valence electrons. The van der Waals surface area contributed by atoms with Crippen LogP contribution in [0.1, 0.15) is 19.8 Å². The highest BCUT2D eigenvalue weighted by molar-refractivity contribution is 5.76. The molecule has 1 saturated carbocycles. The number of unbranched alkanes of at least 4 members (excludes halogenated alkanes) is 1. The average Bonchev–Trinajstić information content (AvgIpc) is 2.81. The molecule has 1 fully saturated rings. The third kappa shape index (κ3) is 2.25. The molecule has 4 N–H and O–H groups in total. The van der Waals surface area contributed by atoms with Crippen molar-refractivity contribution in [2.24, 2.45) is 10.9 Å². The lowest BCUT2D eigenvalue weighted by Gasteiger charge is -2.18. The number of nitrogens with zero attached hydrogens (tertiary/aromatic N) is 1. The normalized spacial score (nSPS) is 39.8. The number of hydrogen-bond donors (Lipinski definition) is 4. The molecule has 0 bridgehead atoms. The summed E-state index contributed by atoms with van der Waals surface area (Å²) in [5.74, 6) is -0.468. The Kier molecular flexibility index (Phi) is 3.86. The minimum Gasteiger partial charge on any atom is -0.459 e. The zero-order valence-electron chi connectivity index (χ0n) is 9.91. The number of aliphatic hydroxyl groups excluding tert-OH is 3. The Morgan fingerprint density at radius 3 is 2.76 bits per heavy atom. The lowest BCUT2D eigenvalue weighted by molar-refractivity contribution is -0.00716. The molecular formula is C11H20N2O4. The van der Waals surface area contributed by atoms with Gasteiger partial charge in [-0.05, 0) is 6.42 Å². The molecule has 0 aromatic carbocycles. The van der Waals surface area contributed by atoms with E-state index in [0.717, 1.165) is 19.4 Å². The van der Waals surface area contributed by atoms with Crippen LogP contribution in [0.25, 0.3) is 0 Å². The standard InChI is InChI=1S/C11H20N2O4/c1-2-3-4-12-11-13-7-9(16)8(15)6(5-14)10(7)17-11/h6-10,14-16H,2-5H2,1H3,(H,12,13)/t6-,7-,8-,9-,10-/m1/s1. The van der Waals surface area contributed by atoms with Gasteiger partial charge in [0.15, 0.2) is 0 Å². The first kappa shape index (κ1) is 12.6. The average molecular weight is 244 g/mol. The second kappa shape index (κ2) is 5.20. The maximum absolute atomic E-state index is 9.78. The molecule has 6 nitrogen and oxygen atoms in total. The van der Waals surface area contributed by atoms with Crippen LogP contribution in [0.2, 0.25) is 0 Å². The molecule has 0 radical (unpaired) electrons. The van der Waals surface area contributed by atoms with Crippen molar-refractivity contribution < 1.29 is 20.1 Å². The number of hydrogen-bond acceptors (Lipinski definition) is 6. The molecule has 5 atom stereocenters. The SMILES string of the molecule is CCCCNC1=N[C@@H]2[C@@H](O)[C@H](O)[C@@H](CO)[C@H]2O1. The van der Waals surface area contributed by atoms with E-state index in [2.05, 4.69) is 17.2 Å². The van der Waals surface area contributed by atoms with Crippen LogP contribution in [0.15, 0.2) is 4.99 Å². The van der Waals surface area contributed by atoms with Crippen molar-refractivity contribution in [2.45, 2.75) is 44.1 Å². The Bertz CT molecular complexity index is 297. The third-order valence-corrected chi connectivity index (χ3v) is 3.43. The molecule has 0 aromatic heterocycles. The molecule has 2 rings (SSSR count). The number of rotatable bonds is 4. The van der Waals surface area contributed by atoms with Crippen molar-refractivity contribution in [3.05, 3.63) is 0 Å². The van der Waals surface area contributed by atoms with Gasteiger partial charge in [0.2, 0.25) is 0 Å². The molecule has 0 aromatic rings. The van der Waals surface area contributed by atoms with E-state index >= 15 is 0 Å². The van der Waals surface area contributed by atoms with Crippen LogP contribution in [0.3, 0.4) is 0 Å². The molecule has 0 amide bonds. The smallest absolute Gasteiger partial charge is 0.285 e. The van der Waals surface area contributed by atoms with Crippen molar-refractivity contribution in [3.63, 3.8) is 0 Å². The van der Waals surface area contributed by atoms with Gasteiger partial charge in [0.05, 0.1) is 18.6 Å². The maximum Gasteiger partial charge on any atom is 0.285 e. The van der Waals surface area contributed by atoms with Crippen molar-refractivity contribution in [3.8, 4) is 0 Å². The quantitative estimate of drug-likeness (QED) is 0.468. The third-order valence-electron chi connectivity index (χ3n) is 3.43. The molecule has 1 aliphatic heterocycles. The van der Waals surface area contributed by atoms with Gasteiger partial charge in [-0.1, -0.05) is 13.3 Å². The Morgan fingerprint density at radius 1 is 1.35 bits per heavy atom. The number of ether oxygens (including phenoxy) is 1. The molecule has 17 heavy (non-hydrogen) atoms. The molecule has 6 heteroatoms. The van der Waals surface area contributed by atoms with Crippen LogP contribution in [0.5, 0.6) is 0 Å². The summed E-state index contributed by atoms with van der Waals surface area (Å²) < 4.78 is 5.54. The van der Waals surface area contributed by atoms with Crippen molar-refractivity contribution in [1.29, 1.82) is 0 Å². The van der Waals surface area contributed by atoms with Crippen molar-refractivity contribution in [1.82, 2.24) is 5.32 Å². The van der Waals surface area contributed by atoms with E-state index in [1.54, 1.807) is 0 Å². The number of nitrogens with one attached hydrogen (secondary N) is 1. The highest BCUT2D eigenvalue weighted by Gasteiger charge is 2.54. The minimum absolute atomic E-state index is 0.211. The highest BCUT2D eigenvalue weighted by Crippen LogP contribution is 2.34. The van der Waals surface area contributed by atoms with E-state index in [4.69, 9.17) is 4.74 Å². The monoisotopic (exact) mass is 244 g/mol. The van der Waals surface area contributed by atoms with E-state index < -0.39 is 30.3 Å².